The van der Waals surface area contributed by atoms with Gasteiger partial charge in [0.25, 0.3) is 0 Å². The molecule has 1 fully saturated rings. The number of likely N-dealkylation sites (tertiary alicyclic amines) is 1. The van der Waals surface area contributed by atoms with Gasteiger partial charge in [-0.3, -0.25) is 14.5 Å². The largest absolute Gasteiger partial charge is 0.383 e. The summed E-state index contributed by atoms with van der Waals surface area (Å²) in [5.74, 6) is 0.284. The molecule has 1 aliphatic heterocycles. The Morgan fingerprint density at radius 1 is 1.12 bits per heavy atom. The molecule has 0 aromatic rings. The number of methoxy groups -OCH3 is 1. The first-order valence-electron chi connectivity index (χ1n) is 8.87. The van der Waals surface area contributed by atoms with Gasteiger partial charge in [-0.05, 0) is 19.4 Å². The summed E-state index contributed by atoms with van der Waals surface area (Å²) in [6.07, 6.45) is 2.98. The lowest BCUT2D eigenvalue weighted by Gasteiger charge is -2.23. The third-order valence-corrected chi connectivity index (χ3v) is 4.09. The highest BCUT2D eigenvalue weighted by molar-refractivity contribution is 5.82. The lowest BCUT2D eigenvalue weighted by Crippen LogP contribution is -2.45. The number of carbonyl (C=O) groups excluding carboxylic acids is 2. The Kier molecular flexibility index (Phi) is 11.6. The van der Waals surface area contributed by atoms with Crippen LogP contribution in [0.5, 0.6) is 0 Å². The topological polar surface area (TPSA) is 77.1 Å². The average molecular weight is 344 g/mol. The Bertz CT molecular complexity index is 365. The van der Waals surface area contributed by atoms with Crippen LogP contribution in [-0.4, -0.2) is 82.4 Å². The molecule has 0 bridgehead atoms. The van der Waals surface area contributed by atoms with Gasteiger partial charge in [-0.15, -0.1) is 0 Å². The molecule has 0 radical (unpaired) electrons. The van der Waals surface area contributed by atoms with Crippen molar-refractivity contribution in [3.8, 4) is 0 Å². The minimum atomic E-state index is -0.0421. The van der Waals surface area contributed by atoms with Crippen LogP contribution in [0.4, 0.5) is 0 Å². The van der Waals surface area contributed by atoms with Gasteiger partial charge in [0.15, 0.2) is 0 Å². The number of carbonyl (C=O) groups is 2. The highest BCUT2D eigenvalue weighted by Gasteiger charge is 2.29. The smallest absolute Gasteiger partial charge is 0.237 e. The van der Waals surface area contributed by atoms with Crippen molar-refractivity contribution in [2.24, 2.45) is 0 Å². The predicted molar refractivity (Wildman–Crippen MR) is 91.0 cm³/mol. The molecule has 0 unspecified atom stereocenters. The molecule has 1 heterocycles. The molecule has 1 N–H and O–H groups in total. The van der Waals surface area contributed by atoms with Crippen LogP contribution in [0, 0.1) is 0 Å². The standard InChI is InChI=1S/C17H32N2O5/c1-3-15(20)6-10-23-13-14-24-11-7-18-17(21)16-5-4-8-19(16)9-12-22-2/h16H,3-14H2,1-2H3,(H,18,21)/t16-/m0/s1. The molecule has 140 valence electrons. The maximum Gasteiger partial charge on any atom is 0.237 e. The van der Waals surface area contributed by atoms with Crippen molar-refractivity contribution >= 4 is 11.7 Å². The second kappa shape index (κ2) is 13.3. The SMILES string of the molecule is CCC(=O)CCOCCOCCNC(=O)[C@@H]1CCCN1CCOC. The highest BCUT2D eigenvalue weighted by atomic mass is 16.5. The Hall–Kier alpha value is -1.02. The van der Waals surface area contributed by atoms with Crippen LogP contribution >= 0.6 is 0 Å². The molecule has 0 spiro atoms. The Balaban J connectivity index is 1.98. The van der Waals surface area contributed by atoms with E-state index in [0.717, 1.165) is 25.9 Å². The van der Waals surface area contributed by atoms with Gasteiger partial charge in [-0.2, -0.15) is 0 Å². The zero-order chi connectivity index (χ0) is 17.6. The molecule has 1 rings (SSSR count). The van der Waals surface area contributed by atoms with Crippen molar-refractivity contribution in [3.63, 3.8) is 0 Å². The van der Waals surface area contributed by atoms with E-state index >= 15 is 0 Å². The molecule has 1 amide bonds. The van der Waals surface area contributed by atoms with Crippen LogP contribution in [0.2, 0.25) is 0 Å². The first kappa shape index (κ1) is 21.0. The summed E-state index contributed by atoms with van der Waals surface area (Å²) in [7, 11) is 1.67. The molecule has 0 saturated carbocycles. The van der Waals surface area contributed by atoms with Gasteiger partial charge in [0.1, 0.15) is 5.78 Å². The fourth-order valence-electron chi connectivity index (χ4n) is 2.65. The Morgan fingerprint density at radius 3 is 2.58 bits per heavy atom. The van der Waals surface area contributed by atoms with E-state index in [2.05, 4.69) is 10.2 Å². The van der Waals surface area contributed by atoms with E-state index in [1.165, 1.54) is 0 Å². The summed E-state index contributed by atoms with van der Waals surface area (Å²) in [5, 5.41) is 2.92. The highest BCUT2D eigenvalue weighted by Crippen LogP contribution is 2.16. The number of ether oxygens (including phenoxy) is 3. The third kappa shape index (κ3) is 8.73. The summed E-state index contributed by atoms with van der Waals surface area (Å²) in [4.78, 5) is 25.4. The van der Waals surface area contributed by atoms with Crippen LogP contribution in [0.25, 0.3) is 0 Å². The molecular weight excluding hydrogens is 312 g/mol. The zero-order valence-corrected chi connectivity index (χ0v) is 15.1. The monoisotopic (exact) mass is 344 g/mol. The molecular formula is C17H32N2O5. The third-order valence-electron chi connectivity index (χ3n) is 4.09. The summed E-state index contributed by atoms with van der Waals surface area (Å²) >= 11 is 0. The number of hydrogen-bond donors (Lipinski definition) is 1. The quantitative estimate of drug-likeness (QED) is 0.466. The van der Waals surface area contributed by atoms with Gasteiger partial charge in [-0.1, -0.05) is 6.92 Å². The van der Waals surface area contributed by atoms with Crippen molar-refractivity contribution < 1.29 is 23.8 Å². The van der Waals surface area contributed by atoms with E-state index in [1.807, 2.05) is 6.92 Å². The molecule has 7 heteroatoms. The van der Waals surface area contributed by atoms with Crippen molar-refractivity contribution in [2.75, 3.05) is 59.8 Å². The van der Waals surface area contributed by atoms with Crippen molar-refractivity contribution in [3.05, 3.63) is 0 Å². The van der Waals surface area contributed by atoms with Gasteiger partial charge in [0.05, 0.1) is 39.1 Å². The number of nitrogens with one attached hydrogen (secondary N) is 1. The summed E-state index contributed by atoms with van der Waals surface area (Å²) < 4.78 is 15.8. The molecule has 1 atom stereocenters. The molecule has 0 aliphatic carbocycles. The summed E-state index contributed by atoms with van der Waals surface area (Å²) in [6.45, 7) is 6.61. The first-order chi connectivity index (χ1) is 11.7. The van der Waals surface area contributed by atoms with Gasteiger partial charge in [-0.25, -0.2) is 0 Å². The van der Waals surface area contributed by atoms with Crippen LogP contribution in [0.15, 0.2) is 0 Å². The Morgan fingerprint density at radius 2 is 1.88 bits per heavy atom. The van der Waals surface area contributed by atoms with Gasteiger partial charge < -0.3 is 19.5 Å². The summed E-state index contributed by atoms with van der Waals surface area (Å²) in [6, 6.07) is -0.0421. The Labute approximate surface area is 145 Å². The fourth-order valence-corrected chi connectivity index (χ4v) is 2.65. The number of nitrogens with zero attached hydrogens (tertiary/aromatic N) is 1. The number of amides is 1. The van der Waals surface area contributed by atoms with E-state index in [-0.39, 0.29) is 17.7 Å². The van der Waals surface area contributed by atoms with E-state index < -0.39 is 0 Å². The average Bonchev–Trinajstić information content (AvgIpc) is 3.06. The molecule has 0 aromatic carbocycles. The normalized spacial score (nSPS) is 18.0. The molecule has 7 nitrogen and oxygen atoms in total. The fraction of sp³-hybridized carbons (Fsp3) is 0.882. The first-order valence-corrected chi connectivity index (χ1v) is 8.87. The number of rotatable bonds is 14. The second-order valence-electron chi connectivity index (χ2n) is 5.84. The van der Waals surface area contributed by atoms with Crippen molar-refractivity contribution in [2.45, 2.75) is 38.6 Å². The van der Waals surface area contributed by atoms with E-state index in [0.29, 0.717) is 52.4 Å². The summed E-state index contributed by atoms with van der Waals surface area (Å²) in [5.41, 5.74) is 0. The minimum Gasteiger partial charge on any atom is -0.383 e. The van der Waals surface area contributed by atoms with Crippen LogP contribution in [0.1, 0.15) is 32.6 Å². The number of Topliss-reactive ketones (excluding diaryl/α,β-unsaturated/α-hetero) is 1. The van der Waals surface area contributed by atoms with E-state index in [1.54, 1.807) is 7.11 Å². The van der Waals surface area contributed by atoms with Gasteiger partial charge in [0, 0.05) is 33.0 Å². The number of hydrogen-bond acceptors (Lipinski definition) is 6. The van der Waals surface area contributed by atoms with E-state index in [9.17, 15) is 9.59 Å². The lowest BCUT2D eigenvalue weighted by molar-refractivity contribution is -0.125. The second-order valence-corrected chi connectivity index (χ2v) is 5.84. The zero-order valence-electron chi connectivity index (χ0n) is 15.1. The number of ketones is 1. The van der Waals surface area contributed by atoms with Crippen LogP contribution in [0.3, 0.4) is 0 Å². The van der Waals surface area contributed by atoms with Gasteiger partial charge in [0.2, 0.25) is 5.91 Å². The van der Waals surface area contributed by atoms with Crippen LogP contribution < -0.4 is 5.32 Å². The van der Waals surface area contributed by atoms with Crippen molar-refractivity contribution in [1.29, 1.82) is 0 Å². The predicted octanol–water partition coefficient (Wildman–Crippen LogP) is 0.616. The maximum absolute atomic E-state index is 12.2. The lowest BCUT2D eigenvalue weighted by atomic mass is 10.2. The molecule has 24 heavy (non-hydrogen) atoms. The molecule has 1 aliphatic rings. The van der Waals surface area contributed by atoms with Gasteiger partial charge >= 0.3 is 0 Å². The van der Waals surface area contributed by atoms with Crippen LogP contribution in [-0.2, 0) is 23.8 Å². The van der Waals surface area contributed by atoms with Crippen molar-refractivity contribution in [1.82, 2.24) is 10.2 Å². The molecule has 1 saturated heterocycles. The van der Waals surface area contributed by atoms with E-state index in [4.69, 9.17) is 14.2 Å². The molecule has 0 aromatic heterocycles. The maximum atomic E-state index is 12.2. The minimum absolute atomic E-state index is 0.0421.